The van der Waals surface area contributed by atoms with Crippen LogP contribution in [0.25, 0.3) is 0 Å². The van der Waals surface area contributed by atoms with Crippen LogP contribution in [0.3, 0.4) is 0 Å². The number of nitrogens with one attached hydrogen (secondary N) is 3. The molecule has 0 saturated heterocycles. The van der Waals surface area contributed by atoms with E-state index in [4.69, 9.17) is 0 Å². The Morgan fingerprint density at radius 2 is 1.62 bits per heavy atom. The molecular formula is C25H28N4O2S. The molecule has 0 bridgehead atoms. The van der Waals surface area contributed by atoms with Crippen molar-refractivity contribution in [1.29, 1.82) is 0 Å². The van der Waals surface area contributed by atoms with Crippen LogP contribution < -0.4 is 20.9 Å². The molecule has 0 saturated carbocycles. The van der Waals surface area contributed by atoms with Crippen LogP contribution in [-0.2, 0) is 0 Å². The molecule has 32 heavy (non-hydrogen) atoms. The molecule has 3 aromatic rings. The highest BCUT2D eigenvalue weighted by Crippen LogP contribution is 2.18. The van der Waals surface area contributed by atoms with Crippen molar-refractivity contribution in [3.8, 4) is 0 Å². The van der Waals surface area contributed by atoms with Gasteiger partial charge in [-0.2, -0.15) is 0 Å². The molecule has 0 atom stereocenters. The minimum atomic E-state index is -0.266. The molecule has 0 radical (unpaired) electrons. The molecule has 3 N–H and O–H groups in total. The lowest BCUT2D eigenvalue weighted by molar-refractivity contribution is 0.252. The molecule has 0 aliphatic heterocycles. The number of para-hydroxylation sites is 1. The monoisotopic (exact) mass is 448 g/mol. The predicted octanol–water partition coefficient (Wildman–Crippen LogP) is 5.97. The van der Waals surface area contributed by atoms with E-state index in [0.29, 0.717) is 19.5 Å². The summed E-state index contributed by atoms with van der Waals surface area (Å²) in [5, 5.41) is 8.63. The van der Waals surface area contributed by atoms with Gasteiger partial charge in [0.05, 0.1) is 0 Å². The minimum Gasteiger partial charge on any atom is -0.338 e. The maximum atomic E-state index is 13.0. The zero-order chi connectivity index (χ0) is 22.8. The largest absolute Gasteiger partial charge is 0.338 e. The summed E-state index contributed by atoms with van der Waals surface area (Å²) >= 11 is 1.65. The molecular weight excluding hydrogens is 420 g/mol. The molecule has 0 fully saturated rings. The molecule has 0 unspecified atom stereocenters. The zero-order valence-corrected chi connectivity index (χ0v) is 19.1. The fourth-order valence-electron chi connectivity index (χ4n) is 3.16. The number of benzene rings is 3. The van der Waals surface area contributed by atoms with E-state index < -0.39 is 0 Å². The SMILES string of the molecule is CSc1ccc(NC(=O)NCCCN(C(=O)Nc2cccc(C)c2)c2ccccc2)cc1. The fraction of sp³-hybridized carbons (Fsp3) is 0.200. The first-order chi connectivity index (χ1) is 15.5. The Bertz CT molecular complexity index is 1030. The van der Waals surface area contributed by atoms with Crippen LogP contribution in [-0.4, -0.2) is 31.4 Å². The molecule has 0 aliphatic carbocycles. The van der Waals surface area contributed by atoms with Gasteiger partial charge in [-0.1, -0.05) is 30.3 Å². The van der Waals surface area contributed by atoms with E-state index in [1.54, 1.807) is 16.7 Å². The number of urea groups is 2. The van der Waals surface area contributed by atoms with Crippen molar-refractivity contribution < 1.29 is 9.59 Å². The van der Waals surface area contributed by atoms with Crippen LogP contribution in [0.1, 0.15) is 12.0 Å². The maximum Gasteiger partial charge on any atom is 0.326 e. The second kappa shape index (κ2) is 11.8. The third kappa shape index (κ3) is 7.06. The van der Waals surface area contributed by atoms with E-state index in [9.17, 15) is 9.59 Å². The fourth-order valence-corrected chi connectivity index (χ4v) is 3.57. The molecule has 6 nitrogen and oxygen atoms in total. The van der Waals surface area contributed by atoms with Gasteiger partial charge in [-0.3, -0.25) is 4.90 Å². The molecule has 0 spiro atoms. The van der Waals surface area contributed by atoms with Crippen LogP contribution in [0.2, 0.25) is 0 Å². The third-order valence-electron chi connectivity index (χ3n) is 4.77. The van der Waals surface area contributed by atoms with Gasteiger partial charge < -0.3 is 16.0 Å². The van der Waals surface area contributed by atoms with Gasteiger partial charge in [0.1, 0.15) is 0 Å². The predicted molar refractivity (Wildman–Crippen MR) is 134 cm³/mol. The van der Waals surface area contributed by atoms with Crippen molar-refractivity contribution in [3.05, 3.63) is 84.4 Å². The first kappa shape index (κ1) is 23.2. The Balaban J connectivity index is 1.53. The van der Waals surface area contributed by atoms with Crippen molar-refractivity contribution in [2.45, 2.75) is 18.2 Å². The molecule has 4 amide bonds. The molecule has 0 aromatic heterocycles. The molecule has 166 valence electrons. The van der Waals surface area contributed by atoms with Gasteiger partial charge in [0.25, 0.3) is 0 Å². The number of anilines is 3. The van der Waals surface area contributed by atoms with Gasteiger partial charge in [0.2, 0.25) is 0 Å². The Hall–Kier alpha value is -3.45. The average molecular weight is 449 g/mol. The lowest BCUT2D eigenvalue weighted by atomic mass is 10.2. The van der Waals surface area contributed by atoms with E-state index in [-0.39, 0.29) is 12.1 Å². The summed E-state index contributed by atoms with van der Waals surface area (Å²) in [7, 11) is 0. The summed E-state index contributed by atoms with van der Waals surface area (Å²) < 4.78 is 0. The van der Waals surface area contributed by atoms with Crippen LogP contribution in [0, 0.1) is 6.92 Å². The van der Waals surface area contributed by atoms with Gasteiger partial charge in [-0.15, -0.1) is 11.8 Å². The summed E-state index contributed by atoms with van der Waals surface area (Å²) in [5.74, 6) is 0. The summed E-state index contributed by atoms with van der Waals surface area (Å²) in [6.45, 7) is 2.89. The maximum absolute atomic E-state index is 13.0. The van der Waals surface area contributed by atoms with Gasteiger partial charge in [0, 0.05) is 35.0 Å². The number of rotatable bonds is 8. The van der Waals surface area contributed by atoms with E-state index in [1.807, 2.05) is 92.0 Å². The number of nitrogens with zero attached hydrogens (tertiary/aromatic N) is 1. The second-order valence-corrected chi connectivity index (χ2v) is 8.13. The lowest BCUT2D eigenvalue weighted by Gasteiger charge is -2.23. The first-order valence-corrected chi connectivity index (χ1v) is 11.7. The highest BCUT2D eigenvalue weighted by Gasteiger charge is 2.15. The number of carbonyl (C=O) groups is 2. The van der Waals surface area contributed by atoms with Crippen LogP contribution in [0.4, 0.5) is 26.7 Å². The van der Waals surface area contributed by atoms with Crippen LogP contribution >= 0.6 is 11.8 Å². The highest BCUT2D eigenvalue weighted by atomic mass is 32.2. The average Bonchev–Trinajstić information content (AvgIpc) is 2.80. The van der Waals surface area contributed by atoms with Gasteiger partial charge >= 0.3 is 12.1 Å². The molecule has 3 rings (SSSR count). The number of carbonyl (C=O) groups excluding carboxylic acids is 2. The van der Waals surface area contributed by atoms with E-state index >= 15 is 0 Å². The number of hydrogen-bond acceptors (Lipinski definition) is 3. The van der Waals surface area contributed by atoms with Gasteiger partial charge in [-0.25, -0.2) is 9.59 Å². The van der Waals surface area contributed by atoms with Crippen LogP contribution in [0.5, 0.6) is 0 Å². The molecule has 7 heteroatoms. The second-order valence-electron chi connectivity index (χ2n) is 7.25. The Morgan fingerprint density at radius 3 is 2.31 bits per heavy atom. The summed E-state index contributed by atoms with van der Waals surface area (Å²) in [4.78, 5) is 28.0. The van der Waals surface area contributed by atoms with Crippen molar-refractivity contribution in [2.75, 3.05) is 34.9 Å². The Labute approximate surface area is 193 Å². The van der Waals surface area contributed by atoms with Gasteiger partial charge in [-0.05, 0) is 73.7 Å². The summed E-state index contributed by atoms with van der Waals surface area (Å²) in [5.41, 5.74) is 3.37. The van der Waals surface area contributed by atoms with E-state index in [2.05, 4.69) is 16.0 Å². The third-order valence-corrected chi connectivity index (χ3v) is 5.52. The normalized spacial score (nSPS) is 10.3. The van der Waals surface area contributed by atoms with E-state index in [1.165, 1.54) is 0 Å². The summed E-state index contributed by atoms with van der Waals surface area (Å²) in [6.07, 6.45) is 2.62. The molecule has 3 aromatic carbocycles. The standard InChI is InChI=1S/C25H28N4O2S/c1-19-8-6-9-21(18-19)28-25(31)29(22-10-4-3-5-11-22)17-7-16-26-24(30)27-20-12-14-23(32-2)15-13-20/h3-6,8-15,18H,7,16-17H2,1-2H3,(H,28,31)(H2,26,27,30). The highest BCUT2D eigenvalue weighted by molar-refractivity contribution is 7.98. The Morgan fingerprint density at radius 1 is 0.875 bits per heavy atom. The molecule has 0 heterocycles. The van der Waals surface area contributed by atoms with Gasteiger partial charge in [0.15, 0.2) is 0 Å². The first-order valence-electron chi connectivity index (χ1n) is 10.4. The van der Waals surface area contributed by atoms with Crippen LogP contribution in [0.15, 0.2) is 83.8 Å². The lowest BCUT2D eigenvalue weighted by Crippen LogP contribution is -2.38. The van der Waals surface area contributed by atoms with Crippen molar-refractivity contribution in [1.82, 2.24) is 5.32 Å². The van der Waals surface area contributed by atoms with Crippen molar-refractivity contribution >= 4 is 40.9 Å². The minimum absolute atomic E-state index is 0.208. The Kier molecular flexibility index (Phi) is 8.57. The topological polar surface area (TPSA) is 73.5 Å². The number of aryl methyl sites for hydroxylation is 1. The molecule has 0 aliphatic rings. The number of thioether (sulfide) groups is 1. The quantitative estimate of drug-likeness (QED) is 0.294. The van der Waals surface area contributed by atoms with Crippen molar-refractivity contribution in [3.63, 3.8) is 0 Å². The number of amides is 4. The smallest absolute Gasteiger partial charge is 0.326 e. The zero-order valence-electron chi connectivity index (χ0n) is 18.3. The van der Waals surface area contributed by atoms with Crippen molar-refractivity contribution in [2.24, 2.45) is 0 Å². The number of hydrogen-bond donors (Lipinski definition) is 3. The van der Waals surface area contributed by atoms with E-state index in [0.717, 1.165) is 27.5 Å². The summed E-state index contributed by atoms with van der Waals surface area (Å²) in [6, 6.07) is 24.4.